The molecule has 1 N–H and O–H groups in total. The van der Waals surface area contributed by atoms with Gasteiger partial charge in [0.25, 0.3) is 5.69 Å². The molecule has 29 heavy (non-hydrogen) atoms. The number of nitrogens with one attached hydrogen (secondary N) is 1. The third-order valence-corrected chi connectivity index (χ3v) is 6.19. The van der Waals surface area contributed by atoms with Gasteiger partial charge in [0.1, 0.15) is 0 Å². The molecule has 0 saturated carbocycles. The zero-order chi connectivity index (χ0) is 20.6. The second kappa shape index (κ2) is 10.4. The monoisotopic (exact) mass is 413 g/mol. The number of likely N-dealkylation sites (tertiary alicyclic amines) is 1. The van der Waals surface area contributed by atoms with Crippen LogP contribution in [-0.4, -0.2) is 34.1 Å². The highest BCUT2D eigenvalue weighted by Crippen LogP contribution is 2.25. The lowest BCUT2D eigenvalue weighted by molar-refractivity contribution is -0.384. The number of nitro benzene ring substituents is 1. The Morgan fingerprint density at radius 3 is 2.31 bits per heavy atom. The van der Waals surface area contributed by atoms with Gasteiger partial charge in [-0.05, 0) is 56.1 Å². The Balaban J connectivity index is 1.44. The van der Waals surface area contributed by atoms with Gasteiger partial charge in [0.15, 0.2) is 0 Å². The first-order valence-electron chi connectivity index (χ1n) is 10.0. The third kappa shape index (κ3) is 6.58. The highest BCUT2D eigenvalue weighted by molar-refractivity contribution is 8.00. The second-order valence-corrected chi connectivity index (χ2v) is 8.80. The quantitative estimate of drug-likeness (QED) is 0.395. The van der Waals surface area contributed by atoms with Gasteiger partial charge in [-0.25, -0.2) is 0 Å². The summed E-state index contributed by atoms with van der Waals surface area (Å²) in [5, 5.41) is 13.4. The van der Waals surface area contributed by atoms with E-state index in [1.54, 1.807) is 12.1 Å². The SMILES string of the molecule is C[C@H](Sc1ccc([N+](=O)[O-])cc1)C(=O)NCc1ccc(CN2CCCCC2)cc1. The number of piperidine rings is 1. The molecular weight excluding hydrogens is 386 g/mol. The van der Waals surface area contributed by atoms with Gasteiger partial charge in [-0.1, -0.05) is 30.7 Å². The van der Waals surface area contributed by atoms with Gasteiger partial charge in [0, 0.05) is 30.1 Å². The van der Waals surface area contributed by atoms with Gasteiger partial charge >= 0.3 is 0 Å². The lowest BCUT2D eigenvalue weighted by atomic mass is 10.1. The van der Waals surface area contributed by atoms with Gasteiger partial charge < -0.3 is 5.32 Å². The van der Waals surface area contributed by atoms with Crippen LogP contribution < -0.4 is 5.32 Å². The number of amides is 1. The van der Waals surface area contributed by atoms with E-state index in [-0.39, 0.29) is 16.8 Å². The van der Waals surface area contributed by atoms with E-state index in [1.165, 1.54) is 61.8 Å². The zero-order valence-electron chi connectivity index (χ0n) is 16.7. The Morgan fingerprint density at radius 1 is 1.07 bits per heavy atom. The molecule has 154 valence electrons. The molecule has 1 fully saturated rings. The van der Waals surface area contributed by atoms with Crippen LogP contribution in [0.25, 0.3) is 0 Å². The van der Waals surface area contributed by atoms with Crippen molar-refractivity contribution in [1.82, 2.24) is 10.2 Å². The van der Waals surface area contributed by atoms with Crippen LogP contribution in [0.5, 0.6) is 0 Å². The van der Waals surface area contributed by atoms with E-state index in [2.05, 4.69) is 34.5 Å². The van der Waals surface area contributed by atoms with Crippen molar-refractivity contribution in [2.45, 2.75) is 49.4 Å². The van der Waals surface area contributed by atoms with E-state index in [0.29, 0.717) is 6.54 Å². The molecule has 2 aromatic rings. The van der Waals surface area contributed by atoms with Gasteiger partial charge in [0.2, 0.25) is 5.91 Å². The molecule has 0 bridgehead atoms. The molecule has 1 amide bonds. The fourth-order valence-corrected chi connectivity index (χ4v) is 4.27. The number of benzene rings is 2. The molecule has 0 spiro atoms. The van der Waals surface area contributed by atoms with E-state index < -0.39 is 4.92 Å². The topological polar surface area (TPSA) is 75.5 Å². The minimum atomic E-state index is -0.428. The normalized spacial score (nSPS) is 15.6. The van der Waals surface area contributed by atoms with Gasteiger partial charge in [0.05, 0.1) is 10.2 Å². The van der Waals surface area contributed by atoms with Crippen molar-refractivity contribution < 1.29 is 9.72 Å². The van der Waals surface area contributed by atoms with Gasteiger partial charge in [-0.15, -0.1) is 11.8 Å². The molecule has 3 rings (SSSR count). The van der Waals surface area contributed by atoms with Gasteiger partial charge in [-0.2, -0.15) is 0 Å². The molecule has 6 nitrogen and oxygen atoms in total. The molecule has 1 atom stereocenters. The molecule has 7 heteroatoms. The predicted octanol–water partition coefficient (Wildman–Crippen LogP) is 4.38. The van der Waals surface area contributed by atoms with Crippen molar-refractivity contribution in [1.29, 1.82) is 0 Å². The minimum Gasteiger partial charge on any atom is -0.351 e. The lowest BCUT2D eigenvalue weighted by Gasteiger charge is -2.26. The smallest absolute Gasteiger partial charge is 0.269 e. The van der Waals surface area contributed by atoms with Crippen LogP contribution in [0.2, 0.25) is 0 Å². The number of carbonyl (C=O) groups excluding carboxylic acids is 1. The van der Waals surface area contributed by atoms with E-state index in [4.69, 9.17) is 0 Å². The Bertz CT molecular complexity index is 818. The predicted molar refractivity (Wildman–Crippen MR) is 116 cm³/mol. The first-order valence-corrected chi connectivity index (χ1v) is 10.9. The molecule has 1 saturated heterocycles. The summed E-state index contributed by atoms with van der Waals surface area (Å²) in [5.41, 5.74) is 2.44. The van der Waals surface area contributed by atoms with Crippen LogP contribution in [0.4, 0.5) is 5.69 Å². The summed E-state index contributed by atoms with van der Waals surface area (Å²) in [6, 6.07) is 14.7. The average molecular weight is 414 g/mol. The van der Waals surface area contributed by atoms with Crippen molar-refractivity contribution in [3.8, 4) is 0 Å². The summed E-state index contributed by atoms with van der Waals surface area (Å²) in [6.45, 7) is 5.69. The van der Waals surface area contributed by atoms with Crippen LogP contribution in [0.15, 0.2) is 53.4 Å². The summed E-state index contributed by atoms with van der Waals surface area (Å²) >= 11 is 1.39. The van der Waals surface area contributed by atoms with Crippen LogP contribution >= 0.6 is 11.8 Å². The molecule has 1 aliphatic rings. The summed E-state index contributed by atoms with van der Waals surface area (Å²) in [6.07, 6.45) is 3.93. The van der Waals surface area contributed by atoms with Crippen molar-refractivity contribution in [3.63, 3.8) is 0 Å². The van der Waals surface area contributed by atoms with E-state index in [0.717, 1.165) is 17.0 Å². The van der Waals surface area contributed by atoms with E-state index >= 15 is 0 Å². The summed E-state index contributed by atoms with van der Waals surface area (Å²) in [7, 11) is 0. The maximum Gasteiger partial charge on any atom is 0.269 e. The zero-order valence-corrected chi connectivity index (χ0v) is 17.5. The first-order chi connectivity index (χ1) is 14.0. The van der Waals surface area contributed by atoms with Crippen LogP contribution in [0.3, 0.4) is 0 Å². The Kier molecular flexibility index (Phi) is 7.66. The molecule has 0 aromatic heterocycles. The van der Waals surface area contributed by atoms with Crippen molar-refractivity contribution in [3.05, 3.63) is 69.8 Å². The number of hydrogen-bond donors (Lipinski definition) is 1. The standard InChI is InChI=1S/C22H27N3O3S/c1-17(29-21-11-9-20(10-12-21)25(27)28)22(26)23-15-18-5-7-19(8-6-18)16-24-13-3-2-4-14-24/h5-12,17H,2-4,13-16H2,1H3,(H,23,26)/t17-/m0/s1. The van der Waals surface area contributed by atoms with E-state index in [9.17, 15) is 14.9 Å². The maximum atomic E-state index is 12.4. The van der Waals surface area contributed by atoms with E-state index in [1.807, 2.05) is 6.92 Å². The number of rotatable bonds is 8. The Hall–Kier alpha value is -2.38. The van der Waals surface area contributed by atoms with Crippen LogP contribution in [0.1, 0.15) is 37.3 Å². The third-order valence-electron chi connectivity index (χ3n) is 5.07. The van der Waals surface area contributed by atoms with Crippen molar-refractivity contribution in [2.75, 3.05) is 13.1 Å². The summed E-state index contributed by atoms with van der Waals surface area (Å²) in [4.78, 5) is 26.0. The molecule has 0 unspecified atom stereocenters. The van der Waals surface area contributed by atoms with Crippen molar-refractivity contribution >= 4 is 23.4 Å². The number of hydrogen-bond acceptors (Lipinski definition) is 5. The molecular formula is C22H27N3O3S. The number of carbonyl (C=O) groups is 1. The minimum absolute atomic E-state index is 0.0502. The summed E-state index contributed by atoms with van der Waals surface area (Å²) in [5.74, 6) is -0.0502. The number of nitrogens with zero attached hydrogens (tertiary/aromatic N) is 2. The fraction of sp³-hybridized carbons (Fsp3) is 0.409. The number of thioether (sulfide) groups is 1. The largest absolute Gasteiger partial charge is 0.351 e. The molecule has 1 heterocycles. The highest BCUT2D eigenvalue weighted by atomic mass is 32.2. The molecule has 0 radical (unpaired) electrons. The first kappa shape index (κ1) is 21.3. The number of nitro groups is 1. The van der Waals surface area contributed by atoms with Gasteiger partial charge in [-0.3, -0.25) is 19.8 Å². The van der Waals surface area contributed by atoms with Crippen LogP contribution in [0, 0.1) is 10.1 Å². The van der Waals surface area contributed by atoms with Crippen molar-refractivity contribution in [2.24, 2.45) is 0 Å². The second-order valence-electron chi connectivity index (χ2n) is 7.38. The highest BCUT2D eigenvalue weighted by Gasteiger charge is 2.15. The fourth-order valence-electron chi connectivity index (χ4n) is 3.38. The maximum absolute atomic E-state index is 12.4. The average Bonchev–Trinajstić information content (AvgIpc) is 2.74. The molecule has 2 aromatic carbocycles. The lowest BCUT2D eigenvalue weighted by Crippen LogP contribution is -2.30. The Morgan fingerprint density at radius 2 is 1.69 bits per heavy atom. The van der Waals surface area contributed by atoms with Crippen LogP contribution in [-0.2, 0) is 17.9 Å². The summed E-state index contributed by atoms with van der Waals surface area (Å²) < 4.78 is 0. The molecule has 0 aliphatic carbocycles. The number of non-ortho nitro benzene ring substituents is 1. The Labute approximate surface area is 175 Å². The molecule has 1 aliphatic heterocycles.